The number of hydrogen-bond donors (Lipinski definition) is 6. The van der Waals surface area contributed by atoms with Crippen molar-refractivity contribution in [1.82, 2.24) is 25.9 Å². The second kappa shape index (κ2) is 20.9. The lowest BCUT2D eigenvalue weighted by molar-refractivity contribution is -0.132. The molecular weight excluding hydrogens is 681 g/mol. The number of ketones is 1. The maximum atomic E-state index is 14.3. The highest BCUT2D eigenvalue weighted by Crippen LogP contribution is 2.25. The summed E-state index contributed by atoms with van der Waals surface area (Å²) in [7, 11) is 0. The number of Topliss-reactive ketones (excluding diaryl/α,β-unsaturated/α-hetero) is 1. The van der Waals surface area contributed by atoms with Gasteiger partial charge in [-0.15, -0.1) is 0 Å². The van der Waals surface area contributed by atoms with Gasteiger partial charge in [0, 0.05) is 24.2 Å². The second-order valence-electron chi connectivity index (χ2n) is 15.0. The molecule has 0 aliphatic rings. The van der Waals surface area contributed by atoms with Crippen LogP contribution in [0.2, 0.25) is 0 Å². The summed E-state index contributed by atoms with van der Waals surface area (Å²) in [5.41, 5.74) is 9.63. The summed E-state index contributed by atoms with van der Waals surface area (Å²) in [4.78, 5) is 62.0. The molecule has 4 rings (SSSR count). The number of imidazole rings is 1. The first-order valence-corrected chi connectivity index (χ1v) is 18.9. The van der Waals surface area contributed by atoms with Crippen LogP contribution in [0, 0.1) is 11.8 Å². The van der Waals surface area contributed by atoms with E-state index in [0.717, 1.165) is 16.7 Å². The van der Waals surface area contributed by atoms with Gasteiger partial charge in [0.15, 0.2) is 5.78 Å². The molecule has 1 heterocycles. The van der Waals surface area contributed by atoms with Crippen LogP contribution < -0.4 is 21.7 Å². The third-order valence-corrected chi connectivity index (χ3v) is 9.37. The minimum absolute atomic E-state index is 0.0489. The largest absolute Gasteiger partial charge is 0.390 e. The van der Waals surface area contributed by atoms with E-state index in [4.69, 9.17) is 5.73 Å². The number of benzene rings is 3. The van der Waals surface area contributed by atoms with Crippen LogP contribution in [0.3, 0.4) is 0 Å². The van der Waals surface area contributed by atoms with Crippen LogP contribution >= 0.6 is 0 Å². The molecule has 11 heteroatoms. The first-order valence-electron chi connectivity index (χ1n) is 18.9. The van der Waals surface area contributed by atoms with Crippen molar-refractivity contribution in [2.24, 2.45) is 17.6 Å². The molecule has 0 bridgehead atoms. The zero-order chi connectivity index (χ0) is 39.0. The van der Waals surface area contributed by atoms with Gasteiger partial charge >= 0.3 is 0 Å². The first kappa shape index (κ1) is 41.6. The summed E-state index contributed by atoms with van der Waals surface area (Å²) >= 11 is 0. The van der Waals surface area contributed by atoms with Gasteiger partial charge in [0.2, 0.25) is 17.7 Å². The van der Waals surface area contributed by atoms with E-state index in [1.165, 1.54) is 6.33 Å². The molecule has 3 aromatic carbocycles. The molecule has 11 nitrogen and oxygen atoms in total. The standard InChI is InChI=1S/C43H56N6O5/c1-28(2)20-36(48-43(54)38(24-33-26-45-27-46-33)49-42(53)35(44)23-31-16-10-6-11-17-31)39(50)25-40(51)47-37(21-29(3)4)41(52)34(32-18-12-7-13-19-32)22-30-14-8-5-9-15-30/h5-19,26-29,34-39,50H,20-25,44H2,1-4H3,(H,45,46)(H,47,51)(H,48,54)(H,49,53)/t34?,35-,36-,37-,38-,39-/m0/s1. The van der Waals surface area contributed by atoms with Crippen molar-refractivity contribution in [1.29, 1.82) is 0 Å². The van der Waals surface area contributed by atoms with E-state index >= 15 is 0 Å². The molecule has 0 spiro atoms. The number of amides is 3. The smallest absolute Gasteiger partial charge is 0.243 e. The Morgan fingerprint density at radius 2 is 1.28 bits per heavy atom. The summed E-state index contributed by atoms with van der Waals surface area (Å²) in [6.07, 6.45) is 3.09. The summed E-state index contributed by atoms with van der Waals surface area (Å²) in [6.45, 7) is 7.90. The molecular formula is C43H56N6O5. The molecule has 0 aliphatic heterocycles. The molecule has 0 saturated carbocycles. The van der Waals surface area contributed by atoms with Crippen molar-refractivity contribution in [3.05, 3.63) is 126 Å². The van der Waals surface area contributed by atoms with Gasteiger partial charge in [-0.3, -0.25) is 19.2 Å². The third kappa shape index (κ3) is 13.4. The number of aromatic amines is 1. The van der Waals surface area contributed by atoms with Crippen molar-refractivity contribution >= 4 is 23.5 Å². The van der Waals surface area contributed by atoms with Crippen molar-refractivity contribution in [2.45, 2.75) is 102 Å². The SMILES string of the molecule is CC(C)C[C@H](NC(=O)C[C@H](O)[C@H](CC(C)C)NC(=O)[C@H](Cc1cnc[nH]1)NC(=O)[C@@H](N)Cc1ccccc1)C(=O)C(Cc1ccccc1)c1ccccc1. The Labute approximate surface area is 318 Å². The molecule has 0 fully saturated rings. The zero-order valence-electron chi connectivity index (χ0n) is 31.8. The Morgan fingerprint density at radius 3 is 1.83 bits per heavy atom. The Kier molecular flexibility index (Phi) is 16.1. The highest BCUT2D eigenvalue weighted by molar-refractivity contribution is 5.94. The minimum atomic E-state index is -1.27. The van der Waals surface area contributed by atoms with Crippen molar-refractivity contribution in [2.75, 3.05) is 0 Å². The molecule has 4 aromatic rings. The minimum Gasteiger partial charge on any atom is -0.390 e. The number of carbonyl (C=O) groups excluding carboxylic acids is 4. The lowest BCUT2D eigenvalue weighted by Gasteiger charge is -2.29. The van der Waals surface area contributed by atoms with Crippen LogP contribution in [0.25, 0.3) is 0 Å². The van der Waals surface area contributed by atoms with E-state index in [0.29, 0.717) is 25.0 Å². The predicted octanol–water partition coefficient (Wildman–Crippen LogP) is 4.42. The number of carbonyl (C=O) groups is 4. The lowest BCUT2D eigenvalue weighted by Crippen LogP contribution is -2.56. The average Bonchev–Trinajstić information content (AvgIpc) is 3.66. The van der Waals surface area contributed by atoms with E-state index in [1.54, 1.807) is 6.20 Å². The monoisotopic (exact) mass is 736 g/mol. The lowest BCUT2D eigenvalue weighted by atomic mass is 9.83. The van der Waals surface area contributed by atoms with E-state index < -0.39 is 53.9 Å². The molecule has 1 unspecified atom stereocenters. The number of aliphatic hydroxyl groups excluding tert-OH is 1. The average molecular weight is 737 g/mol. The number of aliphatic hydroxyl groups is 1. The molecule has 0 saturated heterocycles. The third-order valence-electron chi connectivity index (χ3n) is 9.37. The fraction of sp³-hybridized carbons (Fsp3) is 0.419. The van der Waals surface area contributed by atoms with Gasteiger partial charge in [0.25, 0.3) is 0 Å². The van der Waals surface area contributed by atoms with Gasteiger partial charge in [0.05, 0.1) is 37.0 Å². The van der Waals surface area contributed by atoms with Gasteiger partial charge in [-0.1, -0.05) is 119 Å². The molecule has 0 radical (unpaired) electrons. The molecule has 54 heavy (non-hydrogen) atoms. The fourth-order valence-electron chi connectivity index (χ4n) is 6.63. The van der Waals surface area contributed by atoms with Gasteiger partial charge in [-0.25, -0.2) is 4.98 Å². The zero-order valence-corrected chi connectivity index (χ0v) is 31.8. The number of rotatable bonds is 21. The van der Waals surface area contributed by atoms with Crippen molar-refractivity contribution in [3.63, 3.8) is 0 Å². The number of H-pyrrole nitrogens is 1. The number of hydrogen-bond acceptors (Lipinski definition) is 7. The van der Waals surface area contributed by atoms with Crippen molar-refractivity contribution in [3.8, 4) is 0 Å². The highest BCUT2D eigenvalue weighted by Gasteiger charge is 2.33. The Balaban J connectivity index is 1.47. The number of aromatic nitrogens is 2. The van der Waals surface area contributed by atoms with Gasteiger partial charge in [-0.05, 0) is 54.2 Å². The maximum absolute atomic E-state index is 14.3. The molecule has 1 aromatic heterocycles. The molecule has 288 valence electrons. The Hall–Kier alpha value is -5.13. The van der Waals surface area contributed by atoms with Crippen molar-refractivity contribution < 1.29 is 24.3 Å². The van der Waals surface area contributed by atoms with Gasteiger partial charge in [0.1, 0.15) is 6.04 Å². The Morgan fingerprint density at radius 1 is 0.704 bits per heavy atom. The molecule has 0 aliphatic carbocycles. The van der Waals surface area contributed by atoms with Gasteiger partial charge in [-0.2, -0.15) is 0 Å². The molecule has 6 atom stereocenters. The quantitative estimate of drug-likeness (QED) is 0.0733. The topological polar surface area (TPSA) is 179 Å². The van der Waals surface area contributed by atoms with Crippen LogP contribution in [0.1, 0.15) is 75.3 Å². The summed E-state index contributed by atoms with van der Waals surface area (Å²) in [5.74, 6) is -1.96. The van der Waals surface area contributed by atoms with Crippen LogP contribution in [0.15, 0.2) is 104 Å². The normalized spacial score (nSPS) is 14.7. The Bertz CT molecular complexity index is 1730. The second-order valence-corrected chi connectivity index (χ2v) is 15.0. The number of nitrogens with zero attached hydrogens (tertiary/aromatic N) is 1. The summed E-state index contributed by atoms with van der Waals surface area (Å²) in [6, 6.07) is 25.2. The van der Waals surface area contributed by atoms with Crippen LogP contribution in [-0.4, -0.2) is 68.9 Å². The van der Waals surface area contributed by atoms with E-state index in [-0.39, 0.29) is 36.9 Å². The van der Waals surface area contributed by atoms with Crippen LogP contribution in [0.4, 0.5) is 0 Å². The fourth-order valence-corrected chi connectivity index (χ4v) is 6.63. The summed E-state index contributed by atoms with van der Waals surface area (Å²) in [5, 5.41) is 20.1. The van der Waals surface area contributed by atoms with Crippen LogP contribution in [0.5, 0.6) is 0 Å². The highest BCUT2D eigenvalue weighted by atomic mass is 16.3. The van der Waals surface area contributed by atoms with E-state index in [9.17, 15) is 24.3 Å². The van der Waals surface area contributed by atoms with Gasteiger partial charge < -0.3 is 31.8 Å². The summed E-state index contributed by atoms with van der Waals surface area (Å²) < 4.78 is 0. The number of nitrogens with one attached hydrogen (secondary N) is 4. The first-order chi connectivity index (χ1) is 25.9. The molecule has 3 amide bonds. The maximum Gasteiger partial charge on any atom is 0.243 e. The predicted molar refractivity (Wildman–Crippen MR) is 210 cm³/mol. The molecule has 7 N–H and O–H groups in total. The number of nitrogens with two attached hydrogens (primary N) is 1. The van der Waals surface area contributed by atoms with E-state index in [2.05, 4.69) is 25.9 Å². The van der Waals surface area contributed by atoms with Crippen LogP contribution in [-0.2, 0) is 38.4 Å². The van der Waals surface area contributed by atoms with E-state index in [1.807, 2.05) is 119 Å².